The van der Waals surface area contributed by atoms with Gasteiger partial charge in [-0.1, -0.05) is 19.1 Å². The molecule has 3 N–H and O–H groups in total. The summed E-state index contributed by atoms with van der Waals surface area (Å²) in [5.41, 5.74) is 1.95. The third-order valence-corrected chi connectivity index (χ3v) is 3.71. The van der Waals surface area contributed by atoms with E-state index in [1.54, 1.807) is 42.6 Å². The van der Waals surface area contributed by atoms with Crippen LogP contribution in [0.2, 0.25) is 0 Å². The SMILES string of the molecule is CCCOC(=O)c1ccc(-c2ccnc(Nc3cccc(O)c3)n2)cc1O. The predicted molar refractivity (Wildman–Crippen MR) is 101 cm³/mol. The van der Waals surface area contributed by atoms with E-state index in [1.165, 1.54) is 12.1 Å². The number of hydrogen-bond acceptors (Lipinski definition) is 7. The lowest BCUT2D eigenvalue weighted by Gasteiger charge is -2.09. The average molecular weight is 365 g/mol. The van der Waals surface area contributed by atoms with Crippen molar-refractivity contribution in [2.24, 2.45) is 0 Å². The Hall–Kier alpha value is -3.61. The number of carbonyl (C=O) groups excluding carboxylic acids is 1. The van der Waals surface area contributed by atoms with Crippen LogP contribution in [0, 0.1) is 0 Å². The molecule has 0 fully saturated rings. The van der Waals surface area contributed by atoms with Gasteiger partial charge >= 0.3 is 5.97 Å². The van der Waals surface area contributed by atoms with Gasteiger partial charge in [0, 0.05) is 23.5 Å². The van der Waals surface area contributed by atoms with E-state index >= 15 is 0 Å². The summed E-state index contributed by atoms with van der Waals surface area (Å²) in [7, 11) is 0. The lowest BCUT2D eigenvalue weighted by Crippen LogP contribution is -2.06. The molecule has 0 unspecified atom stereocenters. The molecule has 2 aromatic carbocycles. The molecule has 0 radical (unpaired) electrons. The zero-order chi connectivity index (χ0) is 19.2. The van der Waals surface area contributed by atoms with E-state index < -0.39 is 5.97 Å². The van der Waals surface area contributed by atoms with Crippen LogP contribution in [0.3, 0.4) is 0 Å². The predicted octanol–water partition coefficient (Wildman–Crippen LogP) is 3.87. The van der Waals surface area contributed by atoms with Gasteiger partial charge in [-0.15, -0.1) is 0 Å². The fourth-order valence-electron chi connectivity index (χ4n) is 2.43. The van der Waals surface area contributed by atoms with Crippen molar-refractivity contribution in [2.45, 2.75) is 13.3 Å². The number of carbonyl (C=O) groups is 1. The first-order chi connectivity index (χ1) is 13.1. The van der Waals surface area contributed by atoms with Crippen molar-refractivity contribution in [3.63, 3.8) is 0 Å². The zero-order valence-electron chi connectivity index (χ0n) is 14.7. The number of phenolic OH excluding ortho intramolecular Hbond substituents is 2. The van der Waals surface area contributed by atoms with Gasteiger partial charge < -0.3 is 20.3 Å². The fraction of sp³-hybridized carbons (Fsp3) is 0.150. The number of phenols is 2. The van der Waals surface area contributed by atoms with Gasteiger partial charge in [0.05, 0.1) is 12.3 Å². The van der Waals surface area contributed by atoms with Crippen molar-refractivity contribution < 1.29 is 19.7 Å². The van der Waals surface area contributed by atoms with Gasteiger partial charge in [0.2, 0.25) is 5.95 Å². The Morgan fingerprint density at radius 2 is 2.00 bits per heavy atom. The minimum atomic E-state index is -0.560. The topological polar surface area (TPSA) is 105 Å². The van der Waals surface area contributed by atoms with Crippen LogP contribution in [0.1, 0.15) is 23.7 Å². The van der Waals surface area contributed by atoms with Crippen molar-refractivity contribution >= 4 is 17.6 Å². The molecule has 27 heavy (non-hydrogen) atoms. The molecule has 7 heteroatoms. The number of benzene rings is 2. The van der Waals surface area contributed by atoms with Crippen LogP contribution in [0.5, 0.6) is 11.5 Å². The molecular weight excluding hydrogens is 346 g/mol. The number of ether oxygens (including phenoxy) is 1. The van der Waals surface area contributed by atoms with E-state index in [0.717, 1.165) is 0 Å². The minimum Gasteiger partial charge on any atom is -0.508 e. The Labute approximate surface area is 156 Å². The van der Waals surface area contributed by atoms with E-state index in [-0.39, 0.29) is 17.1 Å². The minimum absolute atomic E-state index is 0.111. The molecular formula is C20H19N3O4. The maximum Gasteiger partial charge on any atom is 0.341 e. The quantitative estimate of drug-likeness (QED) is 0.570. The first-order valence-corrected chi connectivity index (χ1v) is 8.46. The van der Waals surface area contributed by atoms with E-state index in [2.05, 4.69) is 15.3 Å². The number of rotatable bonds is 6. The standard InChI is InChI=1S/C20H19N3O4/c1-2-10-27-19(26)16-7-6-13(11-18(16)25)17-8-9-21-20(23-17)22-14-4-3-5-15(24)12-14/h3-9,11-12,24-25H,2,10H2,1H3,(H,21,22,23). The number of hydrogen-bond donors (Lipinski definition) is 3. The molecule has 1 heterocycles. The molecule has 0 amide bonds. The van der Waals surface area contributed by atoms with Crippen molar-refractivity contribution in [2.75, 3.05) is 11.9 Å². The third kappa shape index (κ3) is 4.52. The van der Waals surface area contributed by atoms with E-state index in [4.69, 9.17) is 4.74 Å². The van der Waals surface area contributed by atoms with Crippen molar-refractivity contribution in [1.29, 1.82) is 0 Å². The molecule has 3 rings (SSSR count). The fourth-order valence-corrected chi connectivity index (χ4v) is 2.43. The Balaban J connectivity index is 1.82. The van der Waals surface area contributed by atoms with Crippen LogP contribution in [0.15, 0.2) is 54.7 Å². The molecule has 0 aliphatic heterocycles. The molecule has 0 aliphatic carbocycles. The third-order valence-electron chi connectivity index (χ3n) is 3.71. The highest BCUT2D eigenvalue weighted by Crippen LogP contribution is 2.27. The maximum atomic E-state index is 11.9. The summed E-state index contributed by atoms with van der Waals surface area (Å²) in [4.78, 5) is 20.5. The number of nitrogens with one attached hydrogen (secondary N) is 1. The highest BCUT2D eigenvalue weighted by Gasteiger charge is 2.14. The first-order valence-electron chi connectivity index (χ1n) is 8.46. The maximum absolute atomic E-state index is 11.9. The van der Waals surface area contributed by atoms with Crippen LogP contribution in [-0.4, -0.2) is 32.8 Å². The highest BCUT2D eigenvalue weighted by molar-refractivity contribution is 5.93. The van der Waals surface area contributed by atoms with Crippen molar-refractivity contribution in [1.82, 2.24) is 9.97 Å². The van der Waals surface area contributed by atoms with Crippen molar-refractivity contribution in [3.05, 3.63) is 60.3 Å². The average Bonchev–Trinajstić information content (AvgIpc) is 2.66. The second-order valence-electron chi connectivity index (χ2n) is 5.81. The zero-order valence-corrected chi connectivity index (χ0v) is 14.7. The van der Waals surface area contributed by atoms with Crippen LogP contribution in [0.4, 0.5) is 11.6 Å². The molecule has 3 aromatic rings. The summed E-state index contributed by atoms with van der Waals surface area (Å²) in [5, 5.41) is 22.7. The summed E-state index contributed by atoms with van der Waals surface area (Å²) in [6, 6.07) is 12.9. The summed E-state index contributed by atoms with van der Waals surface area (Å²) >= 11 is 0. The molecule has 0 atom stereocenters. The van der Waals surface area contributed by atoms with Gasteiger partial charge in [0.1, 0.15) is 17.1 Å². The Kier molecular flexibility index (Phi) is 5.51. The number of aromatic hydroxyl groups is 2. The Morgan fingerprint density at radius 1 is 1.15 bits per heavy atom. The van der Waals surface area contributed by atoms with Gasteiger partial charge in [-0.3, -0.25) is 0 Å². The summed E-state index contributed by atoms with van der Waals surface area (Å²) in [6.07, 6.45) is 2.29. The lowest BCUT2D eigenvalue weighted by molar-refractivity contribution is 0.0502. The van der Waals surface area contributed by atoms with Crippen LogP contribution in [0.25, 0.3) is 11.3 Å². The summed E-state index contributed by atoms with van der Waals surface area (Å²) in [5.74, 6) is -0.264. The monoisotopic (exact) mass is 365 g/mol. The second kappa shape index (κ2) is 8.18. The summed E-state index contributed by atoms with van der Waals surface area (Å²) < 4.78 is 5.04. The van der Waals surface area contributed by atoms with Gasteiger partial charge in [-0.2, -0.15) is 0 Å². The number of esters is 1. The van der Waals surface area contributed by atoms with Crippen LogP contribution < -0.4 is 5.32 Å². The van der Waals surface area contributed by atoms with Gasteiger partial charge in [0.15, 0.2) is 0 Å². The smallest absolute Gasteiger partial charge is 0.341 e. The molecule has 0 spiro atoms. The molecule has 1 aromatic heterocycles. The highest BCUT2D eigenvalue weighted by atomic mass is 16.5. The lowest BCUT2D eigenvalue weighted by atomic mass is 10.1. The summed E-state index contributed by atoms with van der Waals surface area (Å²) in [6.45, 7) is 2.20. The Morgan fingerprint density at radius 3 is 2.74 bits per heavy atom. The number of anilines is 2. The van der Waals surface area contributed by atoms with E-state index in [0.29, 0.717) is 35.9 Å². The van der Waals surface area contributed by atoms with Gasteiger partial charge in [0.25, 0.3) is 0 Å². The molecule has 0 aliphatic rings. The van der Waals surface area contributed by atoms with Crippen molar-refractivity contribution in [3.8, 4) is 22.8 Å². The molecule has 7 nitrogen and oxygen atoms in total. The van der Waals surface area contributed by atoms with Gasteiger partial charge in [-0.05, 0) is 36.8 Å². The number of aromatic nitrogens is 2. The molecule has 0 saturated carbocycles. The number of nitrogens with zero attached hydrogens (tertiary/aromatic N) is 2. The molecule has 0 saturated heterocycles. The largest absolute Gasteiger partial charge is 0.508 e. The first kappa shape index (κ1) is 18.2. The molecule has 0 bridgehead atoms. The van der Waals surface area contributed by atoms with E-state index in [9.17, 15) is 15.0 Å². The second-order valence-corrected chi connectivity index (χ2v) is 5.81. The van der Waals surface area contributed by atoms with Crippen LogP contribution >= 0.6 is 0 Å². The van der Waals surface area contributed by atoms with Gasteiger partial charge in [-0.25, -0.2) is 14.8 Å². The Bertz CT molecular complexity index is 959. The van der Waals surface area contributed by atoms with Crippen LogP contribution in [-0.2, 0) is 4.74 Å². The van der Waals surface area contributed by atoms with E-state index in [1.807, 2.05) is 6.92 Å². The molecule has 138 valence electrons. The normalized spacial score (nSPS) is 10.4.